The van der Waals surface area contributed by atoms with Gasteiger partial charge in [-0.2, -0.15) is 0 Å². The minimum absolute atomic E-state index is 0.527. The van der Waals surface area contributed by atoms with Gasteiger partial charge < -0.3 is 0 Å². The molecule has 0 spiro atoms. The predicted octanol–water partition coefficient (Wildman–Crippen LogP) is 11.7. The monoisotopic (exact) mass is 505 g/mol. The zero-order valence-corrected chi connectivity index (χ0v) is 25.5. The van der Waals surface area contributed by atoms with Gasteiger partial charge in [-0.3, -0.25) is 4.79 Å². The van der Waals surface area contributed by atoms with Crippen molar-refractivity contribution in [2.24, 2.45) is 0 Å². The first-order chi connectivity index (χ1) is 17.8. The van der Waals surface area contributed by atoms with Crippen LogP contribution in [0.1, 0.15) is 206 Å². The normalized spacial score (nSPS) is 11.4. The van der Waals surface area contributed by atoms with Crippen molar-refractivity contribution in [2.45, 2.75) is 212 Å². The highest BCUT2D eigenvalue weighted by atomic mass is 16.1. The fraction of sp³-hybridized carbons (Fsp3) is 0.971. The number of hydrogen-bond acceptors (Lipinski definition) is 1. The van der Waals surface area contributed by atoms with Crippen LogP contribution in [0.3, 0.4) is 0 Å². The van der Waals surface area contributed by atoms with Crippen LogP contribution in [0.15, 0.2) is 0 Å². The summed E-state index contributed by atoms with van der Waals surface area (Å²) in [6, 6.07) is 0. The SMILES string of the molecule is BCCCCCCCCCCCCCCCCC(=O)CCCCCCCCCCCCCCCCC. The summed E-state index contributed by atoms with van der Waals surface area (Å²) in [7, 11) is 2.29. The number of Topliss-reactive ketones (excluding diaryl/α,β-unsaturated/α-hetero) is 1. The molecule has 0 bridgehead atoms. The Hall–Kier alpha value is -0.265. The maximum Gasteiger partial charge on any atom is 0.132 e. The molecule has 0 amide bonds. The third-order valence-electron chi connectivity index (χ3n) is 8.12. The van der Waals surface area contributed by atoms with Crippen LogP contribution in [0.25, 0.3) is 0 Å². The number of ketones is 1. The van der Waals surface area contributed by atoms with E-state index < -0.39 is 0 Å². The fourth-order valence-electron chi connectivity index (χ4n) is 5.51. The van der Waals surface area contributed by atoms with Crippen molar-refractivity contribution < 1.29 is 4.79 Å². The van der Waals surface area contributed by atoms with E-state index in [1.807, 2.05) is 0 Å². The van der Waals surface area contributed by atoms with Crippen LogP contribution in [0.2, 0.25) is 6.32 Å². The molecule has 0 N–H and O–H groups in total. The number of rotatable bonds is 32. The Bertz CT molecular complexity index is 372. The van der Waals surface area contributed by atoms with Crippen molar-refractivity contribution in [2.75, 3.05) is 0 Å². The van der Waals surface area contributed by atoms with Gasteiger partial charge in [-0.1, -0.05) is 187 Å². The molecule has 0 saturated heterocycles. The van der Waals surface area contributed by atoms with Gasteiger partial charge in [0.25, 0.3) is 0 Å². The Labute approximate surface area is 230 Å². The van der Waals surface area contributed by atoms with Crippen LogP contribution >= 0.6 is 0 Å². The molecule has 0 aliphatic heterocycles. The van der Waals surface area contributed by atoms with E-state index in [2.05, 4.69) is 14.8 Å². The summed E-state index contributed by atoms with van der Waals surface area (Å²) in [5.41, 5.74) is 0. The van der Waals surface area contributed by atoms with Gasteiger partial charge in [0.05, 0.1) is 0 Å². The van der Waals surface area contributed by atoms with Crippen molar-refractivity contribution in [1.29, 1.82) is 0 Å². The lowest BCUT2D eigenvalue weighted by molar-refractivity contribution is -0.119. The first kappa shape index (κ1) is 35.7. The van der Waals surface area contributed by atoms with Crippen LogP contribution in [0, 0.1) is 0 Å². The van der Waals surface area contributed by atoms with E-state index in [0.717, 1.165) is 25.7 Å². The van der Waals surface area contributed by atoms with Crippen LogP contribution in [0.4, 0.5) is 0 Å². The minimum Gasteiger partial charge on any atom is -0.300 e. The van der Waals surface area contributed by atoms with Crippen molar-refractivity contribution in [1.82, 2.24) is 0 Å². The number of unbranched alkanes of at least 4 members (excludes halogenated alkanes) is 27. The van der Waals surface area contributed by atoms with E-state index in [0.29, 0.717) is 5.78 Å². The second kappa shape index (κ2) is 32.8. The molecule has 0 aliphatic carbocycles. The summed E-state index contributed by atoms with van der Waals surface area (Å²) in [5.74, 6) is 0.527. The Morgan fingerprint density at radius 3 is 0.833 bits per heavy atom. The highest BCUT2D eigenvalue weighted by Crippen LogP contribution is 2.16. The molecule has 0 rings (SSSR count). The molecular formula is C34H69BO. The molecular weight excluding hydrogens is 435 g/mol. The molecule has 0 heterocycles. The van der Waals surface area contributed by atoms with Gasteiger partial charge >= 0.3 is 0 Å². The lowest BCUT2D eigenvalue weighted by Gasteiger charge is -2.04. The third kappa shape index (κ3) is 31.8. The number of hydrogen-bond donors (Lipinski definition) is 0. The van der Waals surface area contributed by atoms with Gasteiger partial charge in [0.1, 0.15) is 13.6 Å². The highest BCUT2D eigenvalue weighted by molar-refractivity contribution is 6.08. The second-order valence-corrected chi connectivity index (χ2v) is 11.9. The lowest BCUT2D eigenvalue weighted by atomic mass is 9.98. The molecule has 0 saturated carbocycles. The average Bonchev–Trinajstić information content (AvgIpc) is 2.88. The van der Waals surface area contributed by atoms with Gasteiger partial charge in [-0.15, -0.1) is 0 Å². The van der Waals surface area contributed by atoms with Gasteiger partial charge in [0.15, 0.2) is 0 Å². The summed E-state index contributed by atoms with van der Waals surface area (Å²) in [4.78, 5) is 12.1. The van der Waals surface area contributed by atoms with Crippen molar-refractivity contribution >= 4 is 13.6 Å². The summed E-state index contributed by atoms with van der Waals surface area (Å²) >= 11 is 0. The van der Waals surface area contributed by atoms with Gasteiger partial charge in [-0.05, 0) is 12.8 Å². The maximum atomic E-state index is 12.1. The first-order valence-electron chi connectivity index (χ1n) is 17.3. The molecule has 214 valence electrons. The third-order valence-corrected chi connectivity index (χ3v) is 8.12. The molecule has 0 radical (unpaired) electrons. The molecule has 0 atom stereocenters. The molecule has 0 aromatic carbocycles. The molecule has 1 nitrogen and oxygen atoms in total. The molecule has 2 heteroatoms. The maximum absolute atomic E-state index is 12.1. The smallest absolute Gasteiger partial charge is 0.132 e. The largest absolute Gasteiger partial charge is 0.300 e. The Balaban J connectivity index is 3.14. The zero-order chi connectivity index (χ0) is 26.2. The van der Waals surface area contributed by atoms with Gasteiger partial charge in [0.2, 0.25) is 0 Å². The van der Waals surface area contributed by atoms with Gasteiger partial charge in [0, 0.05) is 12.8 Å². The highest BCUT2D eigenvalue weighted by Gasteiger charge is 2.02. The summed E-state index contributed by atoms with van der Waals surface area (Å²) in [6.45, 7) is 2.29. The fourth-order valence-corrected chi connectivity index (χ4v) is 5.51. The Morgan fingerprint density at radius 1 is 0.361 bits per heavy atom. The summed E-state index contributed by atoms with van der Waals surface area (Å²) in [5, 5.41) is 0. The standard InChI is InChI=1S/C34H69BO/c1-2-3-4-5-6-7-8-9-10-13-16-19-22-25-28-31-34(36)32-29-26-23-20-17-14-11-12-15-18-21-24-27-30-33-35/h2-33,35H2,1H3. The van der Waals surface area contributed by atoms with Crippen LogP contribution < -0.4 is 0 Å². The first-order valence-corrected chi connectivity index (χ1v) is 17.3. The molecule has 0 aliphatic rings. The van der Waals surface area contributed by atoms with E-state index in [9.17, 15) is 4.79 Å². The predicted molar refractivity (Wildman–Crippen MR) is 167 cm³/mol. The van der Waals surface area contributed by atoms with E-state index in [-0.39, 0.29) is 0 Å². The zero-order valence-electron chi connectivity index (χ0n) is 25.5. The van der Waals surface area contributed by atoms with Gasteiger partial charge in [-0.25, -0.2) is 0 Å². The van der Waals surface area contributed by atoms with E-state index in [1.54, 1.807) is 0 Å². The van der Waals surface area contributed by atoms with Crippen LogP contribution in [0.5, 0.6) is 0 Å². The molecule has 0 unspecified atom stereocenters. The van der Waals surface area contributed by atoms with E-state index in [1.165, 1.54) is 180 Å². The molecule has 0 fully saturated rings. The van der Waals surface area contributed by atoms with E-state index in [4.69, 9.17) is 0 Å². The Morgan fingerprint density at radius 2 is 0.583 bits per heavy atom. The molecule has 0 aromatic heterocycles. The average molecular weight is 505 g/mol. The topological polar surface area (TPSA) is 17.1 Å². The molecule has 0 aromatic rings. The van der Waals surface area contributed by atoms with Crippen molar-refractivity contribution in [3.8, 4) is 0 Å². The van der Waals surface area contributed by atoms with E-state index >= 15 is 0 Å². The minimum atomic E-state index is 0.527. The van der Waals surface area contributed by atoms with Crippen molar-refractivity contribution in [3.05, 3.63) is 0 Å². The second-order valence-electron chi connectivity index (χ2n) is 11.9. The molecule has 36 heavy (non-hydrogen) atoms. The van der Waals surface area contributed by atoms with Crippen molar-refractivity contribution in [3.63, 3.8) is 0 Å². The van der Waals surface area contributed by atoms with Crippen LogP contribution in [-0.4, -0.2) is 13.6 Å². The quantitative estimate of drug-likeness (QED) is 0.0657. The lowest BCUT2D eigenvalue weighted by Crippen LogP contribution is -1.97. The number of carbonyl (C=O) groups excluding carboxylic acids is 1. The van der Waals surface area contributed by atoms with Crippen LogP contribution in [-0.2, 0) is 4.79 Å². The summed E-state index contributed by atoms with van der Waals surface area (Å²) in [6.07, 6.45) is 43.4. The summed E-state index contributed by atoms with van der Waals surface area (Å²) < 4.78 is 0. The Kier molecular flexibility index (Phi) is 32.5. The number of carbonyl (C=O) groups is 1.